The molecule has 4 amide bonds. The van der Waals surface area contributed by atoms with Crippen LogP contribution in [0.3, 0.4) is 0 Å². The summed E-state index contributed by atoms with van der Waals surface area (Å²) in [6.07, 6.45) is -1.56. The number of pyridine rings is 1. The highest BCUT2D eigenvalue weighted by Gasteiger charge is 2.46. The summed E-state index contributed by atoms with van der Waals surface area (Å²) in [5, 5.41) is 6.16. The molecule has 0 bridgehead atoms. The van der Waals surface area contributed by atoms with E-state index in [1.54, 1.807) is 72.9 Å². The zero-order chi connectivity index (χ0) is 45.0. The number of ether oxygens (including phenoxy) is 4. The summed E-state index contributed by atoms with van der Waals surface area (Å²) in [5.41, 5.74) is 0.209. The van der Waals surface area contributed by atoms with E-state index in [9.17, 15) is 27.6 Å². The van der Waals surface area contributed by atoms with Gasteiger partial charge in [-0.15, -0.1) is 0 Å². The van der Waals surface area contributed by atoms with Crippen LogP contribution in [-0.2, 0) is 24.3 Å². The van der Waals surface area contributed by atoms with Crippen molar-refractivity contribution in [1.82, 2.24) is 19.9 Å². The molecule has 4 aromatic carbocycles. The second-order valence-corrected chi connectivity index (χ2v) is 18.5. The van der Waals surface area contributed by atoms with Gasteiger partial charge in [-0.3, -0.25) is 14.4 Å². The van der Waals surface area contributed by atoms with Crippen molar-refractivity contribution in [3.8, 4) is 28.5 Å². The number of fused-ring (bicyclic) bond motifs is 1. The van der Waals surface area contributed by atoms with Crippen molar-refractivity contribution in [2.75, 3.05) is 26.1 Å². The third-order valence-corrected chi connectivity index (χ3v) is 11.3. The lowest BCUT2D eigenvalue weighted by molar-refractivity contribution is -0.140. The van der Waals surface area contributed by atoms with Crippen LogP contribution in [-0.4, -0.2) is 86.7 Å². The average Bonchev–Trinajstić information content (AvgIpc) is 3.65. The smallest absolute Gasteiger partial charge is 0.408 e. The maximum Gasteiger partial charge on any atom is 0.408 e. The molecular formula is C46H51N5O10S. The molecule has 1 aromatic heterocycles. The highest BCUT2D eigenvalue weighted by molar-refractivity contribution is 7.90. The molecule has 1 saturated heterocycles. The molecule has 15 nitrogen and oxygen atoms in total. The first-order valence-corrected chi connectivity index (χ1v) is 21.4. The van der Waals surface area contributed by atoms with Gasteiger partial charge in [0.2, 0.25) is 11.8 Å². The van der Waals surface area contributed by atoms with E-state index >= 15 is 0 Å². The number of methoxy groups -OCH3 is 2. The largest absolute Gasteiger partial charge is 0.497 e. The molecule has 6 rings (SSSR count). The van der Waals surface area contributed by atoms with Crippen molar-refractivity contribution in [2.45, 2.75) is 76.6 Å². The average molecular weight is 866 g/mol. The molecule has 1 aliphatic rings. The van der Waals surface area contributed by atoms with Gasteiger partial charge in [0.25, 0.3) is 15.9 Å². The minimum absolute atomic E-state index is 0.00171. The van der Waals surface area contributed by atoms with Crippen molar-refractivity contribution in [1.29, 1.82) is 0 Å². The number of hydrogen-bond acceptors (Lipinski definition) is 11. The van der Waals surface area contributed by atoms with E-state index in [-0.39, 0.29) is 29.1 Å². The van der Waals surface area contributed by atoms with Crippen LogP contribution >= 0.6 is 0 Å². The summed E-state index contributed by atoms with van der Waals surface area (Å²) in [6.45, 7) is 10.4. The van der Waals surface area contributed by atoms with E-state index in [4.69, 9.17) is 23.9 Å². The van der Waals surface area contributed by atoms with Crippen molar-refractivity contribution >= 4 is 50.4 Å². The van der Waals surface area contributed by atoms with Crippen molar-refractivity contribution in [3.05, 3.63) is 109 Å². The van der Waals surface area contributed by atoms with Crippen LogP contribution < -0.4 is 29.6 Å². The number of sulfonamides is 1. The van der Waals surface area contributed by atoms with Crippen LogP contribution in [0.1, 0.15) is 58.3 Å². The SMILES string of the molecule is COc1ccc(S(=O)(=O)NC(=O)c2ccccc2NC(=O)[C@@H]2C[C@@H](Oc3cc(-c4ccccc4)nc4cc(OC)ccc34)CN2C(=O)[C@@H](NC(=O)OC(C)(C)C)C(C)(C)C)cc1. The minimum atomic E-state index is -4.33. The Morgan fingerprint density at radius 3 is 2.10 bits per heavy atom. The summed E-state index contributed by atoms with van der Waals surface area (Å²) < 4.78 is 51.3. The number of carbonyl (C=O) groups excluding carboxylic acids is 4. The van der Waals surface area contributed by atoms with Crippen molar-refractivity contribution in [2.24, 2.45) is 5.41 Å². The predicted octanol–water partition coefficient (Wildman–Crippen LogP) is 6.96. The van der Waals surface area contributed by atoms with Gasteiger partial charge >= 0.3 is 6.09 Å². The number of para-hydroxylation sites is 1. The van der Waals surface area contributed by atoms with E-state index in [0.717, 1.165) is 5.56 Å². The Hall–Kier alpha value is -6.68. The first kappa shape index (κ1) is 44.9. The standard InChI is InChI=1S/C46H51N5O10S/c1-45(2,3)40(49-44(55)61-46(4,5)6)43(54)51-27-31(60-39-26-36(28-14-10-9-11-15-28)47-37-24-30(59-8)20-23-33(37)39)25-38(51)42(53)48-35-17-13-12-16-34(35)41(52)50-62(56,57)32-21-18-29(58-7)19-22-32/h9-24,26,31,38,40H,25,27H2,1-8H3,(H,48,53)(H,49,55)(H,50,52)/t31-,38+,40-/m1/s1. The van der Waals surface area contributed by atoms with E-state index in [0.29, 0.717) is 33.8 Å². The lowest BCUT2D eigenvalue weighted by atomic mass is 9.85. The number of nitrogens with one attached hydrogen (secondary N) is 3. The molecule has 0 aliphatic carbocycles. The number of amides is 4. The van der Waals surface area contributed by atoms with Crippen LogP contribution in [0.4, 0.5) is 10.5 Å². The Morgan fingerprint density at radius 2 is 1.45 bits per heavy atom. The van der Waals surface area contributed by atoms with Gasteiger partial charge < -0.3 is 34.5 Å². The van der Waals surface area contributed by atoms with E-state index in [1.165, 1.54) is 54.5 Å². The fourth-order valence-corrected chi connectivity index (χ4v) is 7.92. The van der Waals surface area contributed by atoms with Crippen LogP contribution in [0.15, 0.2) is 108 Å². The lowest BCUT2D eigenvalue weighted by Gasteiger charge is -2.35. The van der Waals surface area contributed by atoms with Crippen LogP contribution in [0, 0.1) is 5.41 Å². The van der Waals surface area contributed by atoms with Gasteiger partial charge in [-0.1, -0.05) is 63.2 Å². The maximum atomic E-state index is 14.7. The first-order chi connectivity index (χ1) is 29.3. The number of anilines is 1. The number of rotatable bonds is 12. The number of nitrogens with zero attached hydrogens (tertiary/aromatic N) is 2. The molecule has 0 radical (unpaired) electrons. The molecule has 62 heavy (non-hydrogen) atoms. The number of aromatic nitrogens is 1. The summed E-state index contributed by atoms with van der Waals surface area (Å²) >= 11 is 0. The Kier molecular flexibility index (Phi) is 13.1. The third-order valence-electron chi connectivity index (χ3n) is 9.99. The molecular weight excluding hydrogens is 815 g/mol. The normalized spacial score (nSPS) is 15.9. The topological polar surface area (TPSA) is 192 Å². The first-order valence-electron chi connectivity index (χ1n) is 19.9. The fraction of sp³-hybridized carbons (Fsp3) is 0.326. The second-order valence-electron chi connectivity index (χ2n) is 16.8. The van der Waals surface area contributed by atoms with Gasteiger partial charge in [0.15, 0.2) is 0 Å². The highest BCUT2D eigenvalue weighted by Crippen LogP contribution is 2.36. The quantitative estimate of drug-likeness (QED) is 0.117. The monoisotopic (exact) mass is 865 g/mol. The lowest BCUT2D eigenvalue weighted by Crippen LogP contribution is -2.57. The maximum absolute atomic E-state index is 14.7. The fourth-order valence-electron chi connectivity index (χ4n) is 6.95. The molecule has 16 heteroatoms. The number of likely N-dealkylation sites (tertiary alicyclic amines) is 1. The molecule has 3 N–H and O–H groups in total. The summed E-state index contributed by atoms with van der Waals surface area (Å²) in [6, 6.07) is 25.8. The van der Waals surface area contributed by atoms with Crippen molar-refractivity contribution < 1.29 is 46.5 Å². The van der Waals surface area contributed by atoms with Crippen molar-refractivity contribution in [3.63, 3.8) is 0 Å². The molecule has 0 unspecified atom stereocenters. The summed E-state index contributed by atoms with van der Waals surface area (Å²) in [7, 11) is -1.33. The Morgan fingerprint density at radius 1 is 0.806 bits per heavy atom. The number of hydrogen-bond donors (Lipinski definition) is 3. The molecule has 1 aliphatic heterocycles. The summed E-state index contributed by atoms with van der Waals surface area (Å²) in [5.74, 6) is -0.774. The zero-order valence-corrected chi connectivity index (χ0v) is 36.7. The molecule has 5 aromatic rings. The van der Waals surface area contributed by atoms with Gasteiger partial charge in [0, 0.05) is 29.5 Å². The van der Waals surface area contributed by atoms with E-state index < -0.39 is 63.0 Å². The highest BCUT2D eigenvalue weighted by atomic mass is 32.2. The van der Waals surface area contributed by atoms with E-state index in [2.05, 4.69) is 15.4 Å². The van der Waals surface area contributed by atoms with Gasteiger partial charge in [0.1, 0.15) is 41.0 Å². The predicted molar refractivity (Wildman–Crippen MR) is 234 cm³/mol. The molecule has 3 atom stereocenters. The molecule has 0 saturated carbocycles. The van der Waals surface area contributed by atoms with Gasteiger partial charge in [-0.05, 0) is 74.7 Å². The van der Waals surface area contributed by atoms with E-state index in [1.807, 2.05) is 36.4 Å². The minimum Gasteiger partial charge on any atom is -0.497 e. The number of carbonyl (C=O) groups is 4. The molecule has 326 valence electrons. The van der Waals surface area contributed by atoms with Gasteiger partial charge in [0.05, 0.1) is 48.1 Å². The summed E-state index contributed by atoms with van der Waals surface area (Å²) in [4.78, 5) is 62.0. The number of benzene rings is 4. The van der Waals surface area contributed by atoms with Gasteiger partial charge in [-0.25, -0.2) is 22.9 Å². The van der Waals surface area contributed by atoms with Gasteiger partial charge in [-0.2, -0.15) is 0 Å². The van der Waals surface area contributed by atoms with Crippen LogP contribution in [0.2, 0.25) is 0 Å². The number of alkyl carbamates (subject to hydrolysis) is 1. The van der Waals surface area contributed by atoms with Crippen LogP contribution in [0.5, 0.6) is 17.2 Å². The Labute approximate surface area is 361 Å². The zero-order valence-electron chi connectivity index (χ0n) is 35.8. The molecule has 2 heterocycles. The molecule has 0 spiro atoms. The third kappa shape index (κ3) is 10.6. The second kappa shape index (κ2) is 18.1. The Bertz CT molecular complexity index is 2570. The van der Waals surface area contributed by atoms with Crippen LogP contribution in [0.25, 0.3) is 22.2 Å². The Balaban J connectivity index is 1.34. The molecule has 1 fully saturated rings.